The summed E-state index contributed by atoms with van der Waals surface area (Å²) in [5, 5.41) is 9.44. The van der Waals surface area contributed by atoms with Crippen molar-refractivity contribution in [1.29, 1.82) is 0 Å². The van der Waals surface area contributed by atoms with Gasteiger partial charge >= 0.3 is 0 Å². The lowest BCUT2D eigenvalue weighted by atomic mass is 10.1. The van der Waals surface area contributed by atoms with E-state index in [1.807, 2.05) is 11.8 Å². The molecule has 2 rings (SSSR count). The summed E-state index contributed by atoms with van der Waals surface area (Å²) in [5.74, 6) is 2.90. The molecule has 4 heteroatoms. The lowest BCUT2D eigenvalue weighted by Crippen LogP contribution is -2.12. The zero-order valence-corrected chi connectivity index (χ0v) is 9.63. The Morgan fingerprint density at radius 3 is 3.20 bits per heavy atom. The Labute approximate surface area is 94.3 Å². The quantitative estimate of drug-likeness (QED) is 0.855. The summed E-state index contributed by atoms with van der Waals surface area (Å²) in [6.07, 6.45) is 7.21. The monoisotopic (exact) mass is 227 g/mol. The largest absolute Gasteiger partial charge is 0.446 e. The highest BCUT2D eigenvalue weighted by Crippen LogP contribution is 2.27. The van der Waals surface area contributed by atoms with E-state index in [4.69, 9.17) is 9.52 Å². The Morgan fingerprint density at radius 2 is 2.47 bits per heavy atom. The maximum atomic E-state index is 8.76. The molecule has 0 aromatic carbocycles. The van der Waals surface area contributed by atoms with Crippen molar-refractivity contribution >= 4 is 11.8 Å². The molecule has 0 amide bonds. The predicted octanol–water partition coefficient (Wildman–Crippen LogP) is 2.04. The molecular formula is C11H17NO2S. The minimum Gasteiger partial charge on any atom is -0.446 e. The van der Waals surface area contributed by atoms with Gasteiger partial charge in [-0.3, -0.25) is 0 Å². The summed E-state index contributed by atoms with van der Waals surface area (Å²) in [6.45, 7) is 0.132. The van der Waals surface area contributed by atoms with Crippen LogP contribution < -0.4 is 0 Å². The van der Waals surface area contributed by atoms with Crippen LogP contribution in [0.1, 0.15) is 30.9 Å². The number of hydrogen-bond donors (Lipinski definition) is 1. The Kier molecular flexibility index (Phi) is 4.09. The molecule has 0 saturated carbocycles. The van der Waals surface area contributed by atoms with Gasteiger partial charge in [0, 0.05) is 18.1 Å². The van der Waals surface area contributed by atoms with Crippen LogP contribution in [0.2, 0.25) is 0 Å². The summed E-state index contributed by atoms with van der Waals surface area (Å²) >= 11 is 2.03. The van der Waals surface area contributed by atoms with Crippen LogP contribution in [0.3, 0.4) is 0 Å². The highest BCUT2D eigenvalue weighted by atomic mass is 32.2. The second-order valence-corrected chi connectivity index (χ2v) is 5.29. The molecule has 1 fully saturated rings. The normalized spacial score (nSPS) is 21.8. The molecule has 2 heterocycles. The van der Waals surface area contributed by atoms with Gasteiger partial charge in [0.1, 0.15) is 5.76 Å². The molecule has 84 valence electrons. The molecular weight excluding hydrogens is 210 g/mol. The fourth-order valence-corrected chi connectivity index (χ4v) is 3.13. The van der Waals surface area contributed by atoms with Gasteiger partial charge in [-0.1, -0.05) is 6.42 Å². The van der Waals surface area contributed by atoms with Crippen LogP contribution in [0.4, 0.5) is 0 Å². The van der Waals surface area contributed by atoms with Crippen LogP contribution in [0.25, 0.3) is 0 Å². The maximum Gasteiger partial charge on any atom is 0.195 e. The average molecular weight is 227 g/mol. The van der Waals surface area contributed by atoms with E-state index in [1.54, 1.807) is 6.20 Å². The van der Waals surface area contributed by atoms with Crippen molar-refractivity contribution in [3.63, 3.8) is 0 Å². The number of hydrogen-bond acceptors (Lipinski definition) is 4. The molecule has 1 aliphatic heterocycles. The molecule has 1 aromatic heterocycles. The van der Waals surface area contributed by atoms with Gasteiger partial charge in [0.25, 0.3) is 0 Å². The van der Waals surface area contributed by atoms with Crippen LogP contribution in [-0.2, 0) is 12.8 Å². The van der Waals surface area contributed by atoms with Crippen LogP contribution in [-0.4, -0.2) is 27.7 Å². The standard InChI is InChI=1S/C11H17NO2S/c13-5-4-9-8-12-11(14-9)7-10-3-1-2-6-15-10/h8,10,13H,1-7H2. The summed E-state index contributed by atoms with van der Waals surface area (Å²) in [6, 6.07) is 0. The third-order valence-corrected chi connectivity index (χ3v) is 4.03. The summed E-state index contributed by atoms with van der Waals surface area (Å²) in [4.78, 5) is 4.24. The molecule has 0 spiro atoms. The molecule has 1 atom stereocenters. The second kappa shape index (κ2) is 5.56. The molecule has 3 nitrogen and oxygen atoms in total. The van der Waals surface area contributed by atoms with E-state index in [1.165, 1.54) is 25.0 Å². The Hall–Kier alpha value is -0.480. The van der Waals surface area contributed by atoms with Crippen LogP contribution in [0, 0.1) is 0 Å². The van der Waals surface area contributed by atoms with E-state index in [0.717, 1.165) is 18.1 Å². The molecule has 1 aliphatic rings. The van der Waals surface area contributed by atoms with Gasteiger partial charge in [-0.2, -0.15) is 11.8 Å². The number of nitrogens with zero attached hydrogens (tertiary/aromatic N) is 1. The first-order valence-electron chi connectivity index (χ1n) is 5.54. The zero-order valence-electron chi connectivity index (χ0n) is 8.82. The molecule has 0 radical (unpaired) electrons. The fraction of sp³-hybridized carbons (Fsp3) is 0.727. The van der Waals surface area contributed by atoms with E-state index in [0.29, 0.717) is 11.7 Å². The molecule has 0 bridgehead atoms. The minimum absolute atomic E-state index is 0.132. The van der Waals surface area contributed by atoms with E-state index >= 15 is 0 Å². The number of thioether (sulfide) groups is 1. The first-order valence-corrected chi connectivity index (χ1v) is 6.59. The molecule has 1 unspecified atom stereocenters. The van der Waals surface area contributed by atoms with Gasteiger partial charge in [-0.05, 0) is 18.6 Å². The number of aromatic nitrogens is 1. The smallest absolute Gasteiger partial charge is 0.195 e. The highest BCUT2D eigenvalue weighted by Gasteiger charge is 2.16. The van der Waals surface area contributed by atoms with Gasteiger partial charge in [0.05, 0.1) is 12.8 Å². The second-order valence-electron chi connectivity index (χ2n) is 3.89. The van der Waals surface area contributed by atoms with Crippen molar-refractivity contribution < 1.29 is 9.52 Å². The summed E-state index contributed by atoms with van der Waals surface area (Å²) < 4.78 is 5.54. The van der Waals surface area contributed by atoms with Crippen molar-refractivity contribution in [2.24, 2.45) is 0 Å². The molecule has 1 saturated heterocycles. The van der Waals surface area contributed by atoms with Gasteiger partial charge in [-0.15, -0.1) is 0 Å². The number of aliphatic hydroxyl groups excluding tert-OH is 1. The van der Waals surface area contributed by atoms with Crippen molar-refractivity contribution in [2.45, 2.75) is 37.4 Å². The lowest BCUT2D eigenvalue weighted by molar-refractivity contribution is 0.285. The Balaban J connectivity index is 1.86. The van der Waals surface area contributed by atoms with Crippen molar-refractivity contribution in [1.82, 2.24) is 4.98 Å². The number of rotatable bonds is 4. The molecule has 1 N–H and O–H groups in total. The lowest BCUT2D eigenvalue weighted by Gasteiger charge is -2.19. The third kappa shape index (κ3) is 3.24. The van der Waals surface area contributed by atoms with Crippen LogP contribution in [0.15, 0.2) is 10.6 Å². The Bertz CT molecular complexity index is 295. The number of aliphatic hydroxyl groups is 1. The highest BCUT2D eigenvalue weighted by molar-refractivity contribution is 7.99. The molecule has 15 heavy (non-hydrogen) atoms. The van der Waals surface area contributed by atoms with E-state index in [2.05, 4.69) is 4.98 Å². The Morgan fingerprint density at radius 1 is 1.53 bits per heavy atom. The van der Waals surface area contributed by atoms with E-state index < -0.39 is 0 Å². The van der Waals surface area contributed by atoms with Crippen molar-refractivity contribution in [2.75, 3.05) is 12.4 Å². The van der Waals surface area contributed by atoms with Crippen LogP contribution in [0.5, 0.6) is 0 Å². The van der Waals surface area contributed by atoms with Crippen LogP contribution >= 0.6 is 11.8 Å². The first-order chi connectivity index (χ1) is 7.38. The van der Waals surface area contributed by atoms with Crippen molar-refractivity contribution in [3.05, 3.63) is 17.8 Å². The first kappa shape index (κ1) is 11.0. The predicted molar refractivity (Wildman–Crippen MR) is 61.1 cm³/mol. The maximum absolute atomic E-state index is 8.76. The SMILES string of the molecule is OCCc1cnc(CC2CCCCS2)o1. The van der Waals surface area contributed by atoms with Gasteiger partial charge in [0.15, 0.2) is 5.89 Å². The third-order valence-electron chi connectivity index (χ3n) is 2.64. The molecule has 0 aliphatic carbocycles. The van der Waals surface area contributed by atoms with E-state index in [9.17, 15) is 0 Å². The van der Waals surface area contributed by atoms with E-state index in [-0.39, 0.29) is 6.61 Å². The van der Waals surface area contributed by atoms with Gasteiger partial charge < -0.3 is 9.52 Å². The fourth-order valence-electron chi connectivity index (χ4n) is 1.83. The zero-order chi connectivity index (χ0) is 10.5. The minimum atomic E-state index is 0.132. The van der Waals surface area contributed by atoms with Crippen molar-refractivity contribution in [3.8, 4) is 0 Å². The van der Waals surface area contributed by atoms with Gasteiger partial charge in [0.2, 0.25) is 0 Å². The summed E-state index contributed by atoms with van der Waals surface area (Å²) in [5.41, 5.74) is 0. The molecule has 1 aromatic rings. The topological polar surface area (TPSA) is 46.3 Å². The summed E-state index contributed by atoms with van der Waals surface area (Å²) in [7, 11) is 0. The van der Waals surface area contributed by atoms with Gasteiger partial charge in [-0.25, -0.2) is 4.98 Å². The number of oxazole rings is 1. The average Bonchev–Trinajstić information content (AvgIpc) is 2.68.